The summed E-state index contributed by atoms with van der Waals surface area (Å²) < 4.78 is 5.41. The Kier molecular flexibility index (Phi) is 9.93. The molecule has 0 atom stereocenters. The summed E-state index contributed by atoms with van der Waals surface area (Å²) in [7, 11) is 1.92. The van der Waals surface area contributed by atoms with Gasteiger partial charge in [-0.25, -0.2) is 9.59 Å². The topological polar surface area (TPSA) is 119 Å². The molecular formula is C22H26ClN3O6. The van der Waals surface area contributed by atoms with Crippen molar-refractivity contribution in [3.05, 3.63) is 59.1 Å². The normalized spacial score (nSPS) is 13.2. The molecule has 0 unspecified atom stereocenters. The zero-order valence-corrected chi connectivity index (χ0v) is 18.4. The van der Waals surface area contributed by atoms with E-state index in [2.05, 4.69) is 10.2 Å². The van der Waals surface area contributed by atoms with E-state index in [0.29, 0.717) is 31.3 Å². The van der Waals surface area contributed by atoms with E-state index in [-0.39, 0.29) is 5.91 Å². The van der Waals surface area contributed by atoms with E-state index in [1.807, 2.05) is 60.5 Å². The van der Waals surface area contributed by atoms with Crippen LogP contribution in [0.1, 0.15) is 5.56 Å². The Morgan fingerprint density at radius 2 is 1.72 bits per heavy atom. The van der Waals surface area contributed by atoms with Crippen LogP contribution in [-0.2, 0) is 25.7 Å². The second-order valence-electron chi connectivity index (χ2n) is 7.08. The van der Waals surface area contributed by atoms with E-state index in [9.17, 15) is 4.79 Å². The van der Waals surface area contributed by atoms with Crippen LogP contribution in [0.5, 0.6) is 0 Å². The molecule has 2 aromatic carbocycles. The molecule has 0 bridgehead atoms. The van der Waals surface area contributed by atoms with Crippen molar-refractivity contribution in [1.82, 2.24) is 4.90 Å². The molecule has 1 amide bonds. The van der Waals surface area contributed by atoms with Crippen molar-refractivity contribution >= 4 is 40.8 Å². The van der Waals surface area contributed by atoms with Gasteiger partial charge in [-0.05, 0) is 36.9 Å². The van der Waals surface area contributed by atoms with Crippen LogP contribution in [-0.4, -0.2) is 72.9 Å². The molecule has 0 saturated carbocycles. The molecule has 3 rings (SSSR count). The number of carboxylic acids is 2. The number of aliphatic carboxylic acids is 2. The lowest BCUT2D eigenvalue weighted by Gasteiger charge is -2.30. The molecular weight excluding hydrogens is 438 g/mol. The van der Waals surface area contributed by atoms with Crippen molar-refractivity contribution in [1.29, 1.82) is 0 Å². The molecule has 1 heterocycles. The summed E-state index contributed by atoms with van der Waals surface area (Å²) in [5.41, 5.74) is 2.97. The van der Waals surface area contributed by atoms with E-state index in [1.54, 1.807) is 0 Å². The number of likely N-dealkylation sites (N-methyl/N-ethyl adjacent to an activating group) is 1. The zero-order chi connectivity index (χ0) is 23.5. The van der Waals surface area contributed by atoms with Gasteiger partial charge in [-0.15, -0.1) is 0 Å². The summed E-state index contributed by atoms with van der Waals surface area (Å²) >= 11 is 6.02. The van der Waals surface area contributed by atoms with Crippen LogP contribution in [0.25, 0.3) is 0 Å². The highest BCUT2D eigenvalue weighted by Gasteiger charge is 2.16. The lowest BCUT2D eigenvalue weighted by molar-refractivity contribution is -0.159. The van der Waals surface area contributed by atoms with Crippen molar-refractivity contribution in [3.8, 4) is 0 Å². The zero-order valence-electron chi connectivity index (χ0n) is 17.7. The van der Waals surface area contributed by atoms with E-state index in [0.717, 1.165) is 30.0 Å². The summed E-state index contributed by atoms with van der Waals surface area (Å²) in [5.74, 6) is -3.68. The number of hydrogen-bond acceptors (Lipinski definition) is 6. The fraction of sp³-hybridized carbons (Fsp3) is 0.318. The largest absolute Gasteiger partial charge is 0.473 e. The number of ether oxygens (including phenoxy) is 1. The lowest BCUT2D eigenvalue weighted by Crippen LogP contribution is -2.37. The predicted octanol–water partition coefficient (Wildman–Crippen LogP) is 2.40. The number of nitrogens with one attached hydrogen (secondary N) is 1. The minimum Gasteiger partial charge on any atom is -0.473 e. The molecule has 0 spiro atoms. The first-order valence-electron chi connectivity index (χ1n) is 9.87. The molecule has 1 aliphatic heterocycles. The van der Waals surface area contributed by atoms with Gasteiger partial charge in [-0.1, -0.05) is 35.9 Å². The number of anilines is 2. The summed E-state index contributed by atoms with van der Waals surface area (Å²) in [6.45, 7) is 4.07. The number of carboxylic acid groups (broad SMARTS) is 2. The Morgan fingerprint density at radius 1 is 1.06 bits per heavy atom. The van der Waals surface area contributed by atoms with Gasteiger partial charge in [0.2, 0.25) is 5.91 Å². The van der Waals surface area contributed by atoms with Crippen molar-refractivity contribution in [3.63, 3.8) is 0 Å². The van der Waals surface area contributed by atoms with Gasteiger partial charge in [-0.2, -0.15) is 0 Å². The van der Waals surface area contributed by atoms with Crippen LogP contribution < -0.4 is 10.2 Å². The number of hydrogen-bond donors (Lipinski definition) is 3. The molecule has 1 fully saturated rings. The summed E-state index contributed by atoms with van der Waals surface area (Å²) in [4.78, 5) is 34.9. The number of para-hydroxylation sites is 2. The first kappa shape index (κ1) is 25.1. The van der Waals surface area contributed by atoms with Gasteiger partial charge in [0.05, 0.1) is 31.1 Å². The van der Waals surface area contributed by atoms with Gasteiger partial charge >= 0.3 is 11.9 Å². The third-order valence-electron chi connectivity index (χ3n) is 4.47. The molecule has 1 saturated heterocycles. The Morgan fingerprint density at radius 3 is 2.34 bits per heavy atom. The molecule has 0 aromatic heterocycles. The van der Waals surface area contributed by atoms with Crippen molar-refractivity contribution < 1.29 is 29.3 Å². The number of benzene rings is 2. The minimum absolute atomic E-state index is 0.0322. The SMILES string of the molecule is CN(CC(=O)Nc1ccccc1N1CCOCC1)Cc1cccc(Cl)c1.O=C(O)C(=O)O. The van der Waals surface area contributed by atoms with Gasteiger partial charge in [0, 0.05) is 24.7 Å². The van der Waals surface area contributed by atoms with Crippen LogP contribution in [0.4, 0.5) is 11.4 Å². The van der Waals surface area contributed by atoms with Crippen LogP contribution in [0.3, 0.4) is 0 Å². The number of carbonyl (C=O) groups is 3. The third-order valence-corrected chi connectivity index (χ3v) is 4.70. The first-order chi connectivity index (χ1) is 15.3. The highest BCUT2D eigenvalue weighted by atomic mass is 35.5. The van der Waals surface area contributed by atoms with E-state index in [4.69, 9.17) is 36.1 Å². The van der Waals surface area contributed by atoms with Crippen molar-refractivity contribution in [2.24, 2.45) is 0 Å². The monoisotopic (exact) mass is 463 g/mol. The first-order valence-corrected chi connectivity index (χ1v) is 10.2. The molecule has 0 aliphatic carbocycles. The smallest absolute Gasteiger partial charge is 0.414 e. The van der Waals surface area contributed by atoms with E-state index < -0.39 is 11.9 Å². The van der Waals surface area contributed by atoms with E-state index in [1.165, 1.54) is 0 Å². The highest BCUT2D eigenvalue weighted by Crippen LogP contribution is 2.26. The molecule has 10 heteroatoms. The molecule has 172 valence electrons. The number of halogens is 1. The summed E-state index contributed by atoms with van der Waals surface area (Å²) in [6.07, 6.45) is 0. The number of rotatable bonds is 6. The van der Waals surface area contributed by atoms with Gasteiger partial charge in [0.1, 0.15) is 0 Å². The Hall–Kier alpha value is -3.14. The fourth-order valence-electron chi connectivity index (χ4n) is 3.10. The molecule has 3 N–H and O–H groups in total. The van der Waals surface area contributed by atoms with Gasteiger partial charge in [0.25, 0.3) is 0 Å². The predicted molar refractivity (Wildman–Crippen MR) is 121 cm³/mol. The minimum atomic E-state index is -1.82. The van der Waals surface area contributed by atoms with Crippen LogP contribution in [0, 0.1) is 0 Å². The number of nitrogens with zero attached hydrogens (tertiary/aromatic N) is 2. The second kappa shape index (κ2) is 12.7. The lowest BCUT2D eigenvalue weighted by atomic mass is 10.2. The maximum atomic E-state index is 12.5. The maximum Gasteiger partial charge on any atom is 0.414 e. The Bertz CT molecular complexity index is 921. The highest BCUT2D eigenvalue weighted by molar-refractivity contribution is 6.30. The average molecular weight is 464 g/mol. The standard InChI is InChI=1S/C20H24ClN3O2.C2H2O4/c1-23(14-16-5-4-6-17(21)13-16)15-20(25)22-18-7-2-3-8-19(18)24-9-11-26-12-10-24;3-1(4)2(5)6/h2-8,13H,9-12,14-15H2,1H3,(H,22,25);(H,3,4)(H,5,6). The molecule has 0 radical (unpaired) electrons. The Labute approximate surface area is 191 Å². The molecule has 9 nitrogen and oxygen atoms in total. The molecule has 2 aromatic rings. The quantitative estimate of drug-likeness (QED) is 0.559. The van der Waals surface area contributed by atoms with Crippen molar-refractivity contribution in [2.75, 3.05) is 50.1 Å². The fourth-order valence-corrected chi connectivity index (χ4v) is 3.31. The van der Waals surface area contributed by atoms with Gasteiger partial charge in [0.15, 0.2) is 0 Å². The maximum absolute atomic E-state index is 12.5. The summed E-state index contributed by atoms with van der Waals surface area (Å²) in [5, 5.41) is 18.5. The third kappa shape index (κ3) is 8.54. The molecule has 1 aliphatic rings. The van der Waals surface area contributed by atoms with Crippen LogP contribution in [0.15, 0.2) is 48.5 Å². The van der Waals surface area contributed by atoms with Gasteiger partial charge < -0.3 is 25.2 Å². The Balaban J connectivity index is 0.000000534. The van der Waals surface area contributed by atoms with Crippen molar-refractivity contribution in [2.45, 2.75) is 6.54 Å². The second-order valence-corrected chi connectivity index (χ2v) is 7.51. The van der Waals surface area contributed by atoms with Crippen LogP contribution >= 0.6 is 11.6 Å². The number of carbonyl (C=O) groups excluding carboxylic acids is 1. The van der Waals surface area contributed by atoms with Gasteiger partial charge in [-0.3, -0.25) is 9.69 Å². The van der Waals surface area contributed by atoms with E-state index >= 15 is 0 Å². The average Bonchev–Trinajstić information content (AvgIpc) is 2.75. The summed E-state index contributed by atoms with van der Waals surface area (Å²) in [6, 6.07) is 15.6. The number of morpholine rings is 1. The molecule has 32 heavy (non-hydrogen) atoms. The number of amides is 1. The van der Waals surface area contributed by atoms with Crippen LogP contribution in [0.2, 0.25) is 5.02 Å².